The molecule has 0 radical (unpaired) electrons. The van der Waals surface area contributed by atoms with Gasteiger partial charge in [0.05, 0.1) is 0 Å². The number of hydrogen-bond acceptors (Lipinski definition) is 3. The number of aliphatic hydroxyl groups is 1. The molecular formula is C12H14N2O2. The number of nitrogens with zero attached hydrogens (tertiary/aromatic N) is 1. The molecule has 0 saturated carbocycles. The molecular weight excluding hydrogens is 204 g/mol. The highest BCUT2D eigenvalue weighted by Crippen LogP contribution is 2.46. The Kier molecular flexibility index (Phi) is 1.43. The van der Waals surface area contributed by atoms with E-state index in [0.717, 1.165) is 10.6 Å². The standard InChI is InChI=1S/C12H14N2O2/c1-8(15)14-7-6-12(16)9-4-2-3-5-10(9)13-11(12)14/h2-5,11,13,16H,6-7H2,1H3/t11-,12+/m0/s1/i7D2. The van der Waals surface area contributed by atoms with Gasteiger partial charge in [0.25, 0.3) is 0 Å². The van der Waals surface area contributed by atoms with E-state index < -0.39 is 18.3 Å². The molecule has 0 aliphatic carbocycles. The molecule has 2 aliphatic heterocycles. The van der Waals surface area contributed by atoms with E-state index in [0.29, 0.717) is 5.56 Å². The maximum atomic E-state index is 11.6. The first-order chi connectivity index (χ1) is 8.36. The van der Waals surface area contributed by atoms with E-state index in [4.69, 9.17) is 2.74 Å². The lowest BCUT2D eigenvalue weighted by Crippen LogP contribution is -2.45. The molecule has 1 aromatic rings. The predicted octanol–water partition coefficient (Wildman–Crippen LogP) is 0.878. The molecule has 0 unspecified atom stereocenters. The lowest BCUT2D eigenvalue weighted by molar-refractivity contribution is -0.131. The van der Waals surface area contributed by atoms with Crippen LogP contribution in [0.25, 0.3) is 0 Å². The maximum absolute atomic E-state index is 11.6. The number of benzene rings is 1. The summed E-state index contributed by atoms with van der Waals surface area (Å²) in [5.74, 6) is -0.388. The van der Waals surface area contributed by atoms with Gasteiger partial charge in [-0.15, -0.1) is 0 Å². The van der Waals surface area contributed by atoms with Crippen molar-refractivity contribution in [3.8, 4) is 0 Å². The lowest BCUT2D eigenvalue weighted by Gasteiger charge is -2.27. The fourth-order valence-electron chi connectivity index (χ4n) is 2.46. The van der Waals surface area contributed by atoms with E-state index in [-0.39, 0.29) is 12.3 Å². The number of carbonyl (C=O) groups excluding carboxylic acids is 1. The third-order valence-electron chi connectivity index (χ3n) is 3.25. The van der Waals surface area contributed by atoms with Crippen LogP contribution in [0.2, 0.25) is 0 Å². The van der Waals surface area contributed by atoms with Crippen LogP contribution in [0.1, 0.15) is 21.6 Å². The average molecular weight is 220 g/mol. The van der Waals surface area contributed by atoms with Crippen LogP contribution in [0.4, 0.5) is 5.69 Å². The molecule has 84 valence electrons. The largest absolute Gasteiger partial charge is 0.381 e. The number of nitrogens with one attached hydrogen (secondary N) is 1. The summed E-state index contributed by atoms with van der Waals surface area (Å²) >= 11 is 0. The van der Waals surface area contributed by atoms with Crippen LogP contribution >= 0.6 is 0 Å². The van der Waals surface area contributed by atoms with Crippen molar-refractivity contribution in [3.63, 3.8) is 0 Å². The van der Waals surface area contributed by atoms with Crippen molar-refractivity contribution in [2.24, 2.45) is 0 Å². The highest BCUT2D eigenvalue weighted by Gasteiger charge is 2.53. The van der Waals surface area contributed by atoms with E-state index in [9.17, 15) is 9.90 Å². The molecule has 1 aromatic carbocycles. The predicted molar refractivity (Wildman–Crippen MR) is 59.8 cm³/mol. The van der Waals surface area contributed by atoms with E-state index >= 15 is 0 Å². The van der Waals surface area contributed by atoms with Gasteiger partial charge in [0.15, 0.2) is 0 Å². The van der Waals surface area contributed by atoms with Gasteiger partial charge in [0.1, 0.15) is 11.8 Å². The second kappa shape index (κ2) is 2.98. The fraction of sp³-hybridized carbons (Fsp3) is 0.417. The van der Waals surface area contributed by atoms with Crippen LogP contribution in [0, 0.1) is 0 Å². The van der Waals surface area contributed by atoms with Gasteiger partial charge >= 0.3 is 0 Å². The number of hydrogen-bond donors (Lipinski definition) is 2. The van der Waals surface area contributed by atoms with Crippen molar-refractivity contribution in [1.82, 2.24) is 4.90 Å². The first kappa shape index (κ1) is 7.68. The van der Waals surface area contributed by atoms with Crippen molar-refractivity contribution in [1.29, 1.82) is 0 Å². The minimum Gasteiger partial charge on any atom is -0.381 e. The van der Waals surface area contributed by atoms with Gasteiger partial charge < -0.3 is 15.3 Å². The Morgan fingerprint density at radius 3 is 3.19 bits per heavy atom. The zero-order valence-electron chi connectivity index (χ0n) is 10.9. The van der Waals surface area contributed by atoms with Gasteiger partial charge in [0, 0.05) is 33.8 Å². The summed E-state index contributed by atoms with van der Waals surface area (Å²) in [4.78, 5) is 12.7. The fourth-order valence-corrected chi connectivity index (χ4v) is 2.46. The Morgan fingerprint density at radius 1 is 1.69 bits per heavy atom. The van der Waals surface area contributed by atoms with E-state index in [1.807, 2.05) is 12.1 Å². The van der Waals surface area contributed by atoms with Crippen LogP contribution in [0.3, 0.4) is 0 Å². The molecule has 0 spiro atoms. The molecule has 4 nitrogen and oxygen atoms in total. The van der Waals surface area contributed by atoms with Crippen molar-refractivity contribution in [2.45, 2.75) is 25.1 Å². The van der Waals surface area contributed by atoms with Gasteiger partial charge in [-0.3, -0.25) is 4.79 Å². The van der Waals surface area contributed by atoms with Crippen molar-refractivity contribution in [3.05, 3.63) is 29.8 Å². The van der Waals surface area contributed by atoms with Crippen molar-refractivity contribution >= 4 is 11.6 Å². The van der Waals surface area contributed by atoms with Crippen LogP contribution in [-0.4, -0.2) is 28.6 Å². The van der Waals surface area contributed by atoms with E-state index in [1.54, 1.807) is 12.1 Å². The van der Waals surface area contributed by atoms with Crippen LogP contribution < -0.4 is 5.32 Å². The summed E-state index contributed by atoms with van der Waals surface area (Å²) in [6.07, 6.45) is -0.851. The highest BCUT2D eigenvalue weighted by molar-refractivity contribution is 5.76. The normalized spacial score (nSPS) is 35.9. The molecule has 2 atom stereocenters. The van der Waals surface area contributed by atoms with E-state index in [1.165, 1.54) is 6.92 Å². The molecule has 2 heterocycles. The van der Waals surface area contributed by atoms with Gasteiger partial charge in [-0.1, -0.05) is 18.2 Å². The summed E-state index contributed by atoms with van der Waals surface area (Å²) in [5, 5.41) is 13.8. The molecule has 0 aromatic heterocycles. The Labute approximate surface area is 96.7 Å². The second-order valence-corrected chi connectivity index (χ2v) is 4.24. The molecule has 0 bridgehead atoms. The number of carbonyl (C=O) groups is 1. The third-order valence-corrected chi connectivity index (χ3v) is 3.25. The molecule has 4 heteroatoms. The topological polar surface area (TPSA) is 52.6 Å². The van der Waals surface area contributed by atoms with Gasteiger partial charge in [-0.05, 0) is 6.07 Å². The van der Waals surface area contributed by atoms with Crippen LogP contribution in [0.15, 0.2) is 24.3 Å². The molecule has 2 N–H and O–H groups in total. The Hall–Kier alpha value is -1.55. The summed E-state index contributed by atoms with van der Waals surface area (Å²) < 4.78 is 15.8. The van der Waals surface area contributed by atoms with E-state index in [2.05, 4.69) is 5.32 Å². The zero-order valence-corrected chi connectivity index (χ0v) is 8.90. The number of amides is 1. The third kappa shape index (κ3) is 1.05. The summed E-state index contributed by atoms with van der Waals surface area (Å²) in [6, 6.07) is 7.22. The molecule has 1 amide bonds. The molecule has 16 heavy (non-hydrogen) atoms. The lowest BCUT2D eigenvalue weighted by atomic mass is 9.93. The van der Waals surface area contributed by atoms with Gasteiger partial charge in [-0.2, -0.15) is 0 Å². The maximum Gasteiger partial charge on any atom is 0.221 e. The smallest absolute Gasteiger partial charge is 0.221 e. The second-order valence-electron chi connectivity index (χ2n) is 4.24. The zero-order chi connectivity index (χ0) is 13.1. The summed E-state index contributed by atoms with van der Waals surface area (Å²) in [6.45, 7) is -0.528. The first-order valence-electron chi connectivity index (χ1n) is 6.24. The highest BCUT2D eigenvalue weighted by atomic mass is 16.3. The van der Waals surface area contributed by atoms with Crippen LogP contribution in [0.5, 0.6) is 0 Å². The number of rotatable bonds is 0. The summed E-state index contributed by atoms with van der Waals surface area (Å²) in [5.41, 5.74) is 0.0561. The minimum atomic E-state index is -1.84. The monoisotopic (exact) mass is 220 g/mol. The SMILES string of the molecule is [2H]C1([2H])C[C@@]2(O)c3ccccc3N[C@H]2N1C(C)=O. The number of anilines is 1. The first-order valence-corrected chi connectivity index (χ1v) is 5.24. The van der Waals surface area contributed by atoms with Crippen molar-refractivity contribution < 1.29 is 12.6 Å². The Morgan fingerprint density at radius 2 is 2.44 bits per heavy atom. The molecule has 3 rings (SSSR count). The van der Waals surface area contributed by atoms with Gasteiger partial charge in [0.2, 0.25) is 5.91 Å². The number of para-hydroxylation sites is 1. The minimum absolute atomic E-state index is 0.117. The Balaban J connectivity index is 2.13. The Bertz CT molecular complexity index is 535. The number of fused-ring (bicyclic) bond motifs is 3. The number of likely N-dealkylation sites (tertiary alicyclic amines) is 1. The molecule has 1 saturated heterocycles. The molecule has 2 aliphatic rings. The van der Waals surface area contributed by atoms with Gasteiger partial charge in [-0.25, -0.2) is 0 Å². The summed E-state index contributed by atoms with van der Waals surface area (Å²) in [7, 11) is 0. The van der Waals surface area contributed by atoms with Crippen molar-refractivity contribution in [2.75, 3.05) is 11.8 Å². The average Bonchev–Trinajstić information content (AvgIpc) is 2.62. The molecule has 1 fully saturated rings. The quantitative estimate of drug-likeness (QED) is 0.682. The van der Waals surface area contributed by atoms with Crippen LogP contribution in [-0.2, 0) is 10.4 Å².